The summed E-state index contributed by atoms with van der Waals surface area (Å²) in [6, 6.07) is 6.71. The monoisotopic (exact) mass is 258 g/mol. The molecule has 0 unspecified atom stereocenters. The molecule has 1 heterocycles. The molecule has 1 aromatic rings. The first-order valence-corrected chi connectivity index (χ1v) is 7.40. The maximum Gasteiger partial charge on any atom is 0.253 e. The van der Waals surface area contributed by atoms with Gasteiger partial charge in [-0.25, -0.2) is 0 Å². The van der Waals surface area contributed by atoms with Crippen LogP contribution in [0.5, 0.6) is 0 Å². The lowest BCUT2D eigenvalue weighted by molar-refractivity contribution is 0.0724. The van der Waals surface area contributed by atoms with E-state index in [9.17, 15) is 4.79 Å². The van der Waals surface area contributed by atoms with E-state index in [1.165, 1.54) is 30.5 Å². The molecule has 1 saturated carbocycles. The minimum absolute atomic E-state index is 0.195. The molecule has 1 N–H and O–H groups in total. The van der Waals surface area contributed by atoms with Gasteiger partial charge in [0.15, 0.2) is 0 Å². The molecule has 2 fully saturated rings. The molecular weight excluding hydrogens is 236 g/mol. The van der Waals surface area contributed by atoms with Gasteiger partial charge in [-0.15, -0.1) is 0 Å². The van der Waals surface area contributed by atoms with Crippen LogP contribution in [0, 0.1) is 6.92 Å². The fourth-order valence-corrected chi connectivity index (χ4v) is 2.69. The Labute approximate surface area is 115 Å². The predicted molar refractivity (Wildman–Crippen MR) is 77.6 cm³/mol. The summed E-state index contributed by atoms with van der Waals surface area (Å²) in [7, 11) is 0. The summed E-state index contributed by atoms with van der Waals surface area (Å²) >= 11 is 0. The van der Waals surface area contributed by atoms with Crippen molar-refractivity contribution in [3.63, 3.8) is 0 Å². The van der Waals surface area contributed by atoms with Crippen LogP contribution in [0.25, 0.3) is 0 Å². The highest BCUT2D eigenvalue weighted by Crippen LogP contribution is 2.27. The first-order valence-electron chi connectivity index (χ1n) is 7.40. The van der Waals surface area contributed by atoms with Crippen molar-refractivity contribution in [2.45, 2.75) is 45.1 Å². The minimum Gasteiger partial charge on any atom is -0.382 e. The molecule has 1 saturated heterocycles. The summed E-state index contributed by atoms with van der Waals surface area (Å²) in [6.07, 6.45) is 6.09. The van der Waals surface area contributed by atoms with Gasteiger partial charge in [-0.2, -0.15) is 0 Å². The molecule has 3 nitrogen and oxygen atoms in total. The summed E-state index contributed by atoms with van der Waals surface area (Å²) < 4.78 is 0. The Hall–Kier alpha value is -1.51. The number of carbonyl (C=O) groups is 1. The second-order valence-corrected chi connectivity index (χ2v) is 5.80. The summed E-state index contributed by atoms with van der Waals surface area (Å²) in [5.41, 5.74) is 3.19. The molecule has 0 atom stereocenters. The first kappa shape index (κ1) is 12.5. The van der Waals surface area contributed by atoms with Gasteiger partial charge < -0.3 is 10.2 Å². The zero-order valence-corrected chi connectivity index (χ0v) is 11.6. The van der Waals surface area contributed by atoms with E-state index in [1.54, 1.807) is 0 Å². The Morgan fingerprint density at radius 3 is 2.58 bits per heavy atom. The van der Waals surface area contributed by atoms with Gasteiger partial charge in [0.05, 0.1) is 0 Å². The van der Waals surface area contributed by atoms with E-state index in [4.69, 9.17) is 0 Å². The number of anilines is 1. The number of amides is 1. The maximum absolute atomic E-state index is 12.4. The van der Waals surface area contributed by atoms with E-state index in [0.717, 1.165) is 31.5 Å². The Balaban J connectivity index is 1.72. The van der Waals surface area contributed by atoms with Gasteiger partial charge in [-0.05, 0) is 62.8 Å². The number of benzene rings is 1. The number of nitrogens with one attached hydrogen (secondary N) is 1. The molecule has 0 spiro atoms. The summed E-state index contributed by atoms with van der Waals surface area (Å²) in [4.78, 5) is 14.4. The lowest BCUT2D eigenvalue weighted by Crippen LogP contribution is -2.35. The number of carbonyl (C=O) groups excluding carboxylic acids is 1. The van der Waals surface area contributed by atoms with E-state index in [0.29, 0.717) is 6.04 Å². The molecule has 1 aliphatic carbocycles. The summed E-state index contributed by atoms with van der Waals surface area (Å²) in [6.45, 7) is 3.91. The van der Waals surface area contributed by atoms with E-state index >= 15 is 0 Å². The first-order chi connectivity index (χ1) is 9.24. The van der Waals surface area contributed by atoms with E-state index in [2.05, 4.69) is 18.3 Å². The summed E-state index contributed by atoms with van der Waals surface area (Å²) in [5, 5.41) is 3.50. The van der Waals surface area contributed by atoms with Gasteiger partial charge in [-0.1, -0.05) is 0 Å². The summed E-state index contributed by atoms with van der Waals surface area (Å²) in [5.74, 6) is 0.195. The number of hydrogen-bond acceptors (Lipinski definition) is 2. The number of hydrogen-bond donors (Lipinski definition) is 1. The van der Waals surface area contributed by atoms with Crippen molar-refractivity contribution in [3.8, 4) is 0 Å². The average Bonchev–Trinajstić information content (AvgIpc) is 3.25. The van der Waals surface area contributed by atoms with Crippen LogP contribution in [0.4, 0.5) is 5.69 Å². The number of piperidine rings is 1. The van der Waals surface area contributed by atoms with Crippen LogP contribution < -0.4 is 5.32 Å². The third-order valence-electron chi connectivity index (χ3n) is 4.05. The maximum atomic E-state index is 12.4. The van der Waals surface area contributed by atoms with Gasteiger partial charge in [0.2, 0.25) is 0 Å². The highest BCUT2D eigenvalue weighted by atomic mass is 16.2. The van der Waals surface area contributed by atoms with Crippen LogP contribution in [-0.2, 0) is 0 Å². The smallest absolute Gasteiger partial charge is 0.253 e. The molecule has 2 aliphatic rings. The van der Waals surface area contributed by atoms with E-state index in [-0.39, 0.29) is 5.91 Å². The molecule has 3 heteroatoms. The molecule has 102 valence electrons. The SMILES string of the molecule is Cc1cc(C(=O)N2CCCCC2)ccc1NC1CC1. The van der Waals surface area contributed by atoms with Crippen molar-refractivity contribution < 1.29 is 4.79 Å². The molecule has 3 rings (SSSR count). The fourth-order valence-electron chi connectivity index (χ4n) is 2.69. The average molecular weight is 258 g/mol. The Morgan fingerprint density at radius 2 is 1.95 bits per heavy atom. The number of nitrogens with zero attached hydrogens (tertiary/aromatic N) is 1. The standard InChI is InChI=1S/C16H22N2O/c1-12-11-13(5-8-15(12)17-14-6-7-14)16(19)18-9-3-2-4-10-18/h5,8,11,14,17H,2-4,6-7,9-10H2,1H3. The quantitative estimate of drug-likeness (QED) is 0.903. The van der Waals surface area contributed by atoms with Crippen LogP contribution >= 0.6 is 0 Å². The lowest BCUT2D eigenvalue weighted by atomic mass is 10.1. The van der Waals surface area contributed by atoms with Crippen LogP contribution in [-0.4, -0.2) is 29.9 Å². The minimum atomic E-state index is 0.195. The van der Waals surface area contributed by atoms with Gasteiger partial charge in [0, 0.05) is 30.4 Å². The predicted octanol–water partition coefficient (Wildman–Crippen LogP) is 3.20. The third kappa shape index (κ3) is 2.91. The molecule has 19 heavy (non-hydrogen) atoms. The molecule has 0 bridgehead atoms. The van der Waals surface area contributed by atoms with Crippen molar-refractivity contribution in [1.82, 2.24) is 4.90 Å². The van der Waals surface area contributed by atoms with Crippen LogP contribution in [0.3, 0.4) is 0 Å². The Bertz CT molecular complexity index is 474. The molecule has 1 aromatic carbocycles. The van der Waals surface area contributed by atoms with Crippen LogP contribution in [0.1, 0.15) is 48.0 Å². The zero-order valence-electron chi connectivity index (χ0n) is 11.6. The van der Waals surface area contributed by atoms with Gasteiger partial charge in [0.25, 0.3) is 5.91 Å². The Kier molecular flexibility index (Phi) is 3.45. The zero-order chi connectivity index (χ0) is 13.2. The fraction of sp³-hybridized carbons (Fsp3) is 0.562. The number of rotatable bonds is 3. The van der Waals surface area contributed by atoms with Crippen molar-refractivity contribution >= 4 is 11.6 Å². The molecule has 1 aliphatic heterocycles. The highest BCUT2D eigenvalue weighted by Gasteiger charge is 2.22. The Morgan fingerprint density at radius 1 is 1.21 bits per heavy atom. The van der Waals surface area contributed by atoms with Gasteiger partial charge in [0.1, 0.15) is 0 Å². The number of likely N-dealkylation sites (tertiary alicyclic amines) is 1. The van der Waals surface area contributed by atoms with E-state index in [1.807, 2.05) is 17.0 Å². The van der Waals surface area contributed by atoms with E-state index < -0.39 is 0 Å². The second-order valence-electron chi connectivity index (χ2n) is 5.80. The lowest BCUT2D eigenvalue weighted by Gasteiger charge is -2.27. The second kappa shape index (κ2) is 5.24. The van der Waals surface area contributed by atoms with Crippen LogP contribution in [0.15, 0.2) is 18.2 Å². The van der Waals surface area contributed by atoms with Crippen molar-refractivity contribution in [2.75, 3.05) is 18.4 Å². The van der Waals surface area contributed by atoms with Crippen LogP contribution in [0.2, 0.25) is 0 Å². The molecule has 0 aromatic heterocycles. The van der Waals surface area contributed by atoms with Crippen molar-refractivity contribution in [1.29, 1.82) is 0 Å². The normalized spacial score (nSPS) is 19.3. The molecule has 1 amide bonds. The molecular formula is C16H22N2O. The molecule has 0 radical (unpaired) electrons. The van der Waals surface area contributed by atoms with Gasteiger partial charge >= 0.3 is 0 Å². The van der Waals surface area contributed by atoms with Crippen molar-refractivity contribution in [2.24, 2.45) is 0 Å². The third-order valence-corrected chi connectivity index (χ3v) is 4.05. The highest BCUT2D eigenvalue weighted by molar-refractivity contribution is 5.95. The largest absolute Gasteiger partial charge is 0.382 e. The van der Waals surface area contributed by atoms with Crippen molar-refractivity contribution in [3.05, 3.63) is 29.3 Å². The topological polar surface area (TPSA) is 32.3 Å². The van der Waals surface area contributed by atoms with Gasteiger partial charge in [-0.3, -0.25) is 4.79 Å². The number of aryl methyl sites for hydroxylation is 1.